The van der Waals surface area contributed by atoms with Gasteiger partial charge in [-0.3, -0.25) is 19.7 Å². The van der Waals surface area contributed by atoms with E-state index in [0.29, 0.717) is 0 Å². The molecule has 1 heterocycles. The lowest BCUT2D eigenvalue weighted by Gasteiger charge is -2.16. The molecule has 0 spiro atoms. The minimum Gasteiger partial charge on any atom is -0.268 e. The first-order chi connectivity index (χ1) is 11.0. The lowest BCUT2D eigenvalue weighted by Crippen LogP contribution is -2.30. The van der Waals surface area contributed by atoms with Gasteiger partial charge >= 0.3 is 0 Å². The van der Waals surface area contributed by atoms with Gasteiger partial charge in [-0.15, -0.1) is 0 Å². The fraction of sp³-hybridized carbons (Fsp3) is 0. The molecule has 0 atom stereocenters. The zero-order chi connectivity index (χ0) is 16.7. The Bertz CT molecular complexity index is 898. The Morgan fingerprint density at radius 2 is 1.70 bits per heavy atom. The molecule has 0 bridgehead atoms. The van der Waals surface area contributed by atoms with E-state index in [2.05, 4.69) is 0 Å². The molecule has 1 aliphatic heterocycles. The molecule has 0 fully saturated rings. The summed E-state index contributed by atoms with van der Waals surface area (Å²) in [6.07, 6.45) is 0. The molecular weight excluding hydrogens is 322 g/mol. The molecule has 8 heteroatoms. The number of fused-ring (bicyclic) bond motifs is 1. The van der Waals surface area contributed by atoms with Gasteiger partial charge in [0.2, 0.25) is 0 Å². The molecule has 0 unspecified atom stereocenters. The van der Waals surface area contributed by atoms with Crippen molar-refractivity contribution in [1.82, 2.24) is 0 Å². The molecular formula is C15H6ClN3O4. The van der Waals surface area contributed by atoms with Crippen molar-refractivity contribution in [2.45, 2.75) is 0 Å². The first kappa shape index (κ1) is 14.7. The van der Waals surface area contributed by atoms with Crippen LogP contribution in [0.2, 0.25) is 5.02 Å². The SMILES string of the molecule is N#Cc1cc([N+](=O)[O-])cc(Cl)c1N1C(=O)c2ccccc2C1=O. The summed E-state index contributed by atoms with van der Waals surface area (Å²) in [4.78, 5) is 35.8. The standard InChI is InChI=1S/C15H6ClN3O4/c16-12-6-9(19(22)23)5-8(7-17)13(12)18-14(20)10-3-1-2-4-11(10)15(18)21/h1-6H. The van der Waals surface area contributed by atoms with E-state index < -0.39 is 22.4 Å². The van der Waals surface area contributed by atoms with Crippen molar-refractivity contribution in [2.24, 2.45) is 0 Å². The monoisotopic (exact) mass is 327 g/mol. The Morgan fingerprint density at radius 3 is 2.17 bits per heavy atom. The molecule has 2 amide bonds. The third kappa shape index (κ3) is 2.13. The van der Waals surface area contributed by atoms with Gasteiger partial charge in [-0.25, -0.2) is 4.90 Å². The second-order valence-electron chi connectivity index (χ2n) is 4.68. The number of nitro groups is 1. The largest absolute Gasteiger partial charge is 0.272 e. The zero-order valence-corrected chi connectivity index (χ0v) is 12.1. The van der Waals surface area contributed by atoms with Crippen LogP contribution < -0.4 is 4.90 Å². The quantitative estimate of drug-likeness (QED) is 0.479. The summed E-state index contributed by atoms with van der Waals surface area (Å²) in [7, 11) is 0. The van der Waals surface area contributed by atoms with E-state index in [1.807, 2.05) is 0 Å². The van der Waals surface area contributed by atoms with Gasteiger partial charge < -0.3 is 0 Å². The van der Waals surface area contributed by atoms with Crippen molar-refractivity contribution in [3.8, 4) is 6.07 Å². The highest BCUT2D eigenvalue weighted by atomic mass is 35.5. The molecule has 0 saturated carbocycles. The number of amides is 2. The second kappa shape index (κ2) is 5.19. The Morgan fingerprint density at radius 1 is 1.13 bits per heavy atom. The van der Waals surface area contributed by atoms with Gasteiger partial charge in [0.05, 0.1) is 32.3 Å². The first-order valence-electron chi connectivity index (χ1n) is 6.31. The number of carbonyl (C=O) groups is 2. The zero-order valence-electron chi connectivity index (χ0n) is 11.3. The van der Waals surface area contributed by atoms with E-state index in [0.717, 1.165) is 17.0 Å². The molecule has 3 rings (SSSR count). The number of carbonyl (C=O) groups excluding carboxylic acids is 2. The number of nitrogens with zero attached hydrogens (tertiary/aromatic N) is 3. The van der Waals surface area contributed by atoms with Gasteiger partial charge in [0.1, 0.15) is 6.07 Å². The summed E-state index contributed by atoms with van der Waals surface area (Å²) in [6.45, 7) is 0. The van der Waals surface area contributed by atoms with Crippen LogP contribution in [0.3, 0.4) is 0 Å². The summed E-state index contributed by atoms with van der Waals surface area (Å²) < 4.78 is 0. The molecule has 0 aromatic heterocycles. The van der Waals surface area contributed by atoms with Crippen molar-refractivity contribution in [2.75, 3.05) is 4.90 Å². The molecule has 0 saturated heterocycles. The van der Waals surface area contributed by atoms with Crippen LogP contribution in [0, 0.1) is 21.4 Å². The number of non-ortho nitro benzene ring substituents is 1. The summed E-state index contributed by atoms with van der Waals surface area (Å²) in [5.41, 5.74) is -0.386. The average molecular weight is 328 g/mol. The molecule has 0 aliphatic carbocycles. The molecule has 23 heavy (non-hydrogen) atoms. The molecule has 2 aromatic rings. The van der Waals surface area contributed by atoms with E-state index >= 15 is 0 Å². The van der Waals surface area contributed by atoms with E-state index in [1.54, 1.807) is 18.2 Å². The average Bonchev–Trinajstić information content (AvgIpc) is 2.79. The van der Waals surface area contributed by atoms with Gasteiger partial charge in [0.25, 0.3) is 17.5 Å². The Balaban J connectivity index is 2.22. The van der Waals surface area contributed by atoms with Crippen LogP contribution in [0.4, 0.5) is 11.4 Å². The number of benzene rings is 2. The van der Waals surface area contributed by atoms with Crippen molar-refractivity contribution < 1.29 is 14.5 Å². The maximum atomic E-state index is 12.4. The van der Waals surface area contributed by atoms with E-state index in [-0.39, 0.29) is 27.4 Å². The highest BCUT2D eigenvalue weighted by molar-refractivity contribution is 6.40. The van der Waals surface area contributed by atoms with Gasteiger partial charge in [0, 0.05) is 12.1 Å². The van der Waals surface area contributed by atoms with Crippen LogP contribution in [0.5, 0.6) is 0 Å². The van der Waals surface area contributed by atoms with Crippen LogP contribution in [0.15, 0.2) is 36.4 Å². The van der Waals surface area contributed by atoms with Gasteiger partial charge in [-0.1, -0.05) is 23.7 Å². The number of hydrogen-bond acceptors (Lipinski definition) is 5. The van der Waals surface area contributed by atoms with Crippen LogP contribution in [-0.4, -0.2) is 16.7 Å². The summed E-state index contributed by atoms with van der Waals surface area (Å²) in [6, 6.07) is 9.91. The smallest absolute Gasteiger partial charge is 0.268 e. The number of imide groups is 1. The normalized spacial score (nSPS) is 13.0. The topological polar surface area (TPSA) is 104 Å². The molecule has 0 N–H and O–H groups in total. The summed E-state index contributed by atoms with van der Waals surface area (Å²) in [5, 5.41) is 19.9. The van der Waals surface area contributed by atoms with Gasteiger partial charge in [-0.05, 0) is 12.1 Å². The highest BCUT2D eigenvalue weighted by Gasteiger charge is 2.39. The van der Waals surface area contributed by atoms with E-state index in [9.17, 15) is 25.0 Å². The first-order valence-corrected chi connectivity index (χ1v) is 6.69. The number of anilines is 1. The summed E-state index contributed by atoms with van der Waals surface area (Å²) in [5.74, 6) is -1.25. The molecule has 112 valence electrons. The fourth-order valence-electron chi connectivity index (χ4n) is 2.39. The summed E-state index contributed by atoms with van der Waals surface area (Å²) >= 11 is 6.01. The molecule has 7 nitrogen and oxygen atoms in total. The fourth-order valence-corrected chi connectivity index (χ4v) is 2.69. The maximum Gasteiger partial charge on any atom is 0.272 e. The van der Waals surface area contributed by atoms with E-state index in [4.69, 9.17) is 11.6 Å². The van der Waals surface area contributed by atoms with Crippen LogP contribution in [0.25, 0.3) is 0 Å². The highest BCUT2D eigenvalue weighted by Crippen LogP contribution is 2.38. The lowest BCUT2D eigenvalue weighted by molar-refractivity contribution is -0.384. The van der Waals surface area contributed by atoms with Crippen molar-refractivity contribution in [3.63, 3.8) is 0 Å². The van der Waals surface area contributed by atoms with Crippen molar-refractivity contribution in [1.29, 1.82) is 5.26 Å². The van der Waals surface area contributed by atoms with Crippen LogP contribution >= 0.6 is 11.6 Å². The Hall–Kier alpha value is -3.24. The maximum absolute atomic E-state index is 12.4. The number of hydrogen-bond donors (Lipinski definition) is 0. The minimum atomic E-state index is -0.709. The third-order valence-corrected chi connectivity index (χ3v) is 3.69. The molecule has 0 radical (unpaired) electrons. The number of halogens is 1. The van der Waals surface area contributed by atoms with E-state index in [1.165, 1.54) is 12.1 Å². The number of nitriles is 1. The van der Waals surface area contributed by atoms with Crippen LogP contribution in [0.1, 0.15) is 26.3 Å². The third-order valence-electron chi connectivity index (χ3n) is 3.40. The van der Waals surface area contributed by atoms with Gasteiger partial charge in [-0.2, -0.15) is 5.26 Å². The number of nitro benzene ring substituents is 1. The molecule has 1 aliphatic rings. The minimum absolute atomic E-state index is 0.147. The van der Waals surface area contributed by atoms with Crippen molar-refractivity contribution >= 4 is 34.8 Å². The Kier molecular flexibility index (Phi) is 3.32. The van der Waals surface area contributed by atoms with Crippen molar-refractivity contribution in [3.05, 3.63) is 68.2 Å². The van der Waals surface area contributed by atoms with Crippen LogP contribution in [-0.2, 0) is 0 Å². The number of rotatable bonds is 2. The second-order valence-corrected chi connectivity index (χ2v) is 5.09. The predicted molar refractivity (Wildman–Crippen MR) is 80.4 cm³/mol. The Labute approximate surface area is 134 Å². The lowest BCUT2D eigenvalue weighted by atomic mass is 10.1. The van der Waals surface area contributed by atoms with Gasteiger partial charge in [0.15, 0.2) is 0 Å². The molecule has 2 aromatic carbocycles. The predicted octanol–water partition coefficient (Wildman–Crippen LogP) is 2.92.